The van der Waals surface area contributed by atoms with Crippen molar-refractivity contribution in [2.75, 3.05) is 11.4 Å². The minimum Gasteiger partial charge on any atom is -0.479 e. The van der Waals surface area contributed by atoms with Gasteiger partial charge < -0.3 is 9.47 Å². The van der Waals surface area contributed by atoms with Crippen LogP contribution in [-0.4, -0.2) is 24.5 Å². The first kappa shape index (κ1) is 17.0. The summed E-state index contributed by atoms with van der Waals surface area (Å²) in [7, 11) is 0. The van der Waals surface area contributed by atoms with E-state index in [0.717, 1.165) is 16.7 Å². The van der Waals surface area contributed by atoms with Crippen LogP contribution in [0, 0.1) is 20.8 Å². The third kappa shape index (κ3) is 3.22. The highest BCUT2D eigenvalue weighted by molar-refractivity contribution is 6.03. The molecule has 25 heavy (non-hydrogen) atoms. The summed E-state index contributed by atoms with van der Waals surface area (Å²) in [5.74, 6) is 0.416. The number of nitrogens with zero attached hydrogens (tertiary/aromatic N) is 1. The number of benzene rings is 2. The molecule has 1 atom stereocenters. The normalized spacial score (nSPS) is 16.2. The van der Waals surface area contributed by atoms with E-state index < -0.39 is 12.1 Å². The Balaban J connectivity index is 1.84. The molecule has 1 aliphatic heterocycles. The van der Waals surface area contributed by atoms with Crippen LogP contribution in [-0.2, 0) is 9.59 Å². The lowest BCUT2D eigenvalue weighted by Gasteiger charge is -2.32. The molecule has 0 radical (unpaired) electrons. The average Bonchev–Trinajstić information content (AvgIpc) is 2.59. The van der Waals surface area contributed by atoms with Gasteiger partial charge in [-0.1, -0.05) is 24.3 Å². The van der Waals surface area contributed by atoms with Crippen molar-refractivity contribution in [1.29, 1.82) is 0 Å². The van der Waals surface area contributed by atoms with Crippen molar-refractivity contribution in [1.82, 2.24) is 0 Å². The zero-order valence-corrected chi connectivity index (χ0v) is 14.8. The third-order valence-electron chi connectivity index (χ3n) is 4.45. The zero-order valence-electron chi connectivity index (χ0n) is 14.8. The average molecular weight is 339 g/mol. The molecule has 2 aromatic rings. The van der Waals surface area contributed by atoms with Gasteiger partial charge >= 0.3 is 5.97 Å². The van der Waals surface area contributed by atoms with Crippen molar-refractivity contribution in [2.45, 2.75) is 33.8 Å². The predicted octanol–water partition coefficient (Wildman–Crippen LogP) is 3.33. The van der Waals surface area contributed by atoms with Gasteiger partial charge in [0, 0.05) is 0 Å². The molecular formula is C20H21NO4. The number of carbonyl (C=O) groups is 2. The zero-order chi connectivity index (χ0) is 18.1. The molecule has 2 aromatic carbocycles. The fourth-order valence-electron chi connectivity index (χ4n) is 2.88. The summed E-state index contributed by atoms with van der Waals surface area (Å²) in [6, 6.07) is 11.1. The summed E-state index contributed by atoms with van der Waals surface area (Å²) in [6.07, 6.45) is -0.634. The Morgan fingerprint density at radius 3 is 2.56 bits per heavy atom. The van der Waals surface area contributed by atoms with Crippen LogP contribution in [0.4, 0.5) is 5.69 Å². The first-order chi connectivity index (χ1) is 11.9. The Morgan fingerprint density at radius 2 is 1.80 bits per heavy atom. The van der Waals surface area contributed by atoms with Crippen LogP contribution in [0.1, 0.15) is 23.6 Å². The Labute approximate surface area is 147 Å². The molecule has 0 fully saturated rings. The van der Waals surface area contributed by atoms with Crippen molar-refractivity contribution in [3.8, 4) is 11.5 Å². The van der Waals surface area contributed by atoms with E-state index in [1.807, 2.05) is 39.0 Å². The van der Waals surface area contributed by atoms with Gasteiger partial charge in [-0.25, -0.2) is 4.79 Å². The van der Waals surface area contributed by atoms with Crippen LogP contribution in [0.5, 0.6) is 11.5 Å². The number of esters is 1. The molecule has 0 saturated carbocycles. The minimum atomic E-state index is -0.634. The monoisotopic (exact) mass is 339 g/mol. The highest BCUT2D eigenvalue weighted by Gasteiger charge is 2.33. The number of ether oxygens (including phenoxy) is 2. The number of para-hydroxylation sites is 2. The minimum absolute atomic E-state index is 0.156. The number of aryl methyl sites for hydroxylation is 2. The summed E-state index contributed by atoms with van der Waals surface area (Å²) in [6.45, 7) is 7.30. The van der Waals surface area contributed by atoms with Gasteiger partial charge in [-0.15, -0.1) is 0 Å². The molecule has 0 bridgehead atoms. The Hall–Kier alpha value is -2.82. The van der Waals surface area contributed by atoms with Gasteiger partial charge in [0.1, 0.15) is 18.0 Å². The van der Waals surface area contributed by atoms with Crippen molar-refractivity contribution in [2.24, 2.45) is 0 Å². The van der Waals surface area contributed by atoms with Gasteiger partial charge in [-0.05, 0) is 56.5 Å². The molecule has 0 N–H and O–H groups in total. The SMILES string of the molecule is Cc1ccc(C)c(OC(=O)CN2C(=O)C(C)Oc3ccccc32)c1C. The van der Waals surface area contributed by atoms with E-state index in [-0.39, 0.29) is 12.5 Å². The van der Waals surface area contributed by atoms with Gasteiger partial charge in [-0.2, -0.15) is 0 Å². The summed E-state index contributed by atoms with van der Waals surface area (Å²) in [5, 5.41) is 0. The van der Waals surface area contributed by atoms with Crippen molar-refractivity contribution in [3.05, 3.63) is 53.1 Å². The number of hydrogen-bond acceptors (Lipinski definition) is 4. The highest BCUT2D eigenvalue weighted by atomic mass is 16.5. The van der Waals surface area contributed by atoms with Crippen molar-refractivity contribution >= 4 is 17.6 Å². The predicted molar refractivity (Wildman–Crippen MR) is 95.2 cm³/mol. The number of hydrogen-bond donors (Lipinski definition) is 0. The van der Waals surface area contributed by atoms with E-state index in [0.29, 0.717) is 17.2 Å². The number of fused-ring (bicyclic) bond motifs is 1. The van der Waals surface area contributed by atoms with E-state index >= 15 is 0 Å². The van der Waals surface area contributed by atoms with Crippen LogP contribution < -0.4 is 14.4 Å². The fraction of sp³-hybridized carbons (Fsp3) is 0.300. The van der Waals surface area contributed by atoms with Gasteiger partial charge in [0.15, 0.2) is 6.10 Å². The summed E-state index contributed by atoms with van der Waals surface area (Å²) >= 11 is 0. The molecule has 3 rings (SSSR count). The van der Waals surface area contributed by atoms with Crippen LogP contribution in [0.15, 0.2) is 36.4 Å². The Morgan fingerprint density at radius 1 is 1.12 bits per heavy atom. The molecular weight excluding hydrogens is 318 g/mol. The van der Waals surface area contributed by atoms with E-state index in [4.69, 9.17) is 9.47 Å². The molecule has 1 unspecified atom stereocenters. The number of carbonyl (C=O) groups excluding carboxylic acids is 2. The molecule has 0 aliphatic carbocycles. The fourth-order valence-corrected chi connectivity index (χ4v) is 2.88. The van der Waals surface area contributed by atoms with Crippen LogP contribution in [0.2, 0.25) is 0 Å². The van der Waals surface area contributed by atoms with E-state index in [9.17, 15) is 9.59 Å². The summed E-state index contributed by atoms with van der Waals surface area (Å²) in [4.78, 5) is 26.4. The molecule has 1 aliphatic rings. The number of anilines is 1. The standard InChI is InChI=1S/C20H21NO4/c1-12-9-10-13(2)19(14(12)3)25-18(22)11-21-16-7-5-6-8-17(16)24-15(4)20(21)23/h5-10,15H,11H2,1-4H3. The lowest BCUT2D eigenvalue weighted by Crippen LogP contribution is -2.47. The summed E-state index contributed by atoms with van der Waals surface area (Å²) < 4.78 is 11.2. The van der Waals surface area contributed by atoms with Gasteiger partial charge in [0.2, 0.25) is 0 Å². The van der Waals surface area contributed by atoms with Crippen LogP contribution in [0.3, 0.4) is 0 Å². The molecule has 130 valence electrons. The van der Waals surface area contributed by atoms with Gasteiger partial charge in [-0.3, -0.25) is 9.69 Å². The Bertz CT molecular complexity index is 844. The van der Waals surface area contributed by atoms with E-state index in [1.54, 1.807) is 25.1 Å². The third-order valence-corrected chi connectivity index (χ3v) is 4.45. The van der Waals surface area contributed by atoms with Crippen molar-refractivity contribution in [3.63, 3.8) is 0 Å². The molecule has 0 spiro atoms. The van der Waals surface area contributed by atoms with Crippen LogP contribution >= 0.6 is 0 Å². The maximum absolute atomic E-state index is 12.5. The smallest absolute Gasteiger partial charge is 0.331 e. The molecule has 0 aromatic heterocycles. The molecule has 0 saturated heterocycles. The molecule has 5 nitrogen and oxygen atoms in total. The second kappa shape index (κ2) is 6.59. The van der Waals surface area contributed by atoms with Crippen LogP contribution in [0.25, 0.3) is 0 Å². The van der Waals surface area contributed by atoms with Crippen molar-refractivity contribution < 1.29 is 19.1 Å². The lowest BCUT2D eigenvalue weighted by molar-refractivity contribution is -0.135. The largest absolute Gasteiger partial charge is 0.479 e. The first-order valence-electron chi connectivity index (χ1n) is 8.23. The summed E-state index contributed by atoms with van der Waals surface area (Å²) in [5.41, 5.74) is 3.45. The number of amides is 1. The van der Waals surface area contributed by atoms with E-state index in [2.05, 4.69) is 0 Å². The second-order valence-corrected chi connectivity index (χ2v) is 6.28. The second-order valence-electron chi connectivity index (χ2n) is 6.28. The van der Waals surface area contributed by atoms with Gasteiger partial charge in [0.05, 0.1) is 5.69 Å². The topological polar surface area (TPSA) is 55.8 Å². The molecule has 1 heterocycles. The maximum atomic E-state index is 12.5. The number of rotatable bonds is 3. The van der Waals surface area contributed by atoms with Gasteiger partial charge in [0.25, 0.3) is 5.91 Å². The maximum Gasteiger partial charge on any atom is 0.331 e. The Kier molecular flexibility index (Phi) is 4.49. The lowest BCUT2D eigenvalue weighted by atomic mass is 10.1. The van der Waals surface area contributed by atoms with E-state index in [1.165, 1.54) is 4.90 Å². The quantitative estimate of drug-likeness (QED) is 0.636. The molecule has 1 amide bonds. The first-order valence-corrected chi connectivity index (χ1v) is 8.23. The molecule has 5 heteroatoms. The highest BCUT2D eigenvalue weighted by Crippen LogP contribution is 2.33.